The minimum absolute atomic E-state index is 0.0347. The Balaban J connectivity index is 2.10. The molecule has 0 bridgehead atoms. The second-order valence-corrected chi connectivity index (χ2v) is 4.08. The molecular formula is C14H21NO3. The number of carbonyl (C=O) groups is 1. The van der Waals surface area contributed by atoms with Gasteiger partial charge in [0.25, 0.3) is 0 Å². The van der Waals surface area contributed by atoms with E-state index >= 15 is 0 Å². The first-order chi connectivity index (χ1) is 8.72. The number of likely N-dealkylation sites (N-methyl/N-ethyl adjacent to an activating group) is 1. The second kappa shape index (κ2) is 8.66. The summed E-state index contributed by atoms with van der Waals surface area (Å²) >= 11 is 0. The predicted octanol–water partition coefficient (Wildman–Crippen LogP) is 1.70. The molecule has 0 unspecified atom stereocenters. The zero-order chi connectivity index (χ0) is 13.2. The lowest BCUT2D eigenvalue weighted by atomic mass is 10.2. The number of esters is 1. The largest absolute Gasteiger partial charge is 0.464 e. The second-order valence-electron chi connectivity index (χ2n) is 4.08. The van der Waals surface area contributed by atoms with Gasteiger partial charge in [-0.05, 0) is 19.5 Å². The number of hydrogen-bond donors (Lipinski definition) is 0. The minimum Gasteiger partial charge on any atom is -0.464 e. The number of benzene rings is 1. The van der Waals surface area contributed by atoms with E-state index in [0.29, 0.717) is 13.2 Å². The van der Waals surface area contributed by atoms with Crippen LogP contribution in [0.25, 0.3) is 0 Å². The van der Waals surface area contributed by atoms with Gasteiger partial charge in [0.1, 0.15) is 6.61 Å². The number of ether oxygens (including phenoxy) is 2. The summed E-state index contributed by atoms with van der Waals surface area (Å²) in [7, 11) is 2.03. The summed E-state index contributed by atoms with van der Waals surface area (Å²) in [6, 6.07) is 10.2. The van der Waals surface area contributed by atoms with Crippen LogP contribution in [0.5, 0.6) is 0 Å². The van der Waals surface area contributed by atoms with Crippen molar-refractivity contribution in [1.29, 1.82) is 0 Å². The summed E-state index contributed by atoms with van der Waals surface area (Å²) in [6.07, 6.45) is 0. The molecule has 1 aromatic rings. The first-order valence-corrected chi connectivity index (χ1v) is 6.18. The van der Waals surface area contributed by atoms with Crippen molar-refractivity contribution < 1.29 is 14.3 Å². The Morgan fingerprint density at radius 3 is 2.67 bits per heavy atom. The fourth-order valence-corrected chi connectivity index (χ4v) is 1.55. The molecule has 0 aliphatic rings. The summed E-state index contributed by atoms with van der Waals surface area (Å²) in [6.45, 7) is 4.41. The number of carbonyl (C=O) groups excluding carboxylic acids is 1. The van der Waals surface area contributed by atoms with Crippen molar-refractivity contribution in [2.75, 3.05) is 33.4 Å². The molecule has 0 radical (unpaired) electrons. The van der Waals surface area contributed by atoms with E-state index in [1.54, 1.807) is 6.92 Å². The number of rotatable bonds is 8. The van der Waals surface area contributed by atoms with Crippen LogP contribution in [-0.4, -0.2) is 44.3 Å². The average Bonchev–Trinajstić information content (AvgIpc) is 2.36. The Kier molecular flexibility index (Phi) is 7.06. The third kappa shape index (κ3) is 6.37. The molecule has 1 rings (SSSR count). The van der Waals surface area contributed by atoms with Gasteiger partial charge in [0.2, 0.25) is 0 Å². The third-order valence-corrected chi connectivity index (χ3v) is 2.44. The highest BCUT2D eigenvalue weighted by Gasteiger charge is 2.03. The summed E-state index contributed by atoms with van der Waals surface area (Å²) in [4.78, 5) is 13.2. The molecular weight excluding hydrogens is 230 g/mol. The van der Waals surface area contributed by atoms with Crippen LogP contribution in [-0.2, 0) is 20.8 Å². The fourth-order valence-electron chi connectivity index (χ4n) is 1.55. The summed E-state index contributed by atoms with van der Waals surface area (Å²) in [5.74, 6) is -0.303. The molecule has 0 aliphatic carbocycles. The normalized spacial score (nSPS) is 10.6. The molecule has 0 N–H and O–H groups in total. The van der Waals surface area contributed by atoms with E-state index in [9.17, 15) is 4.79 Å². The highest BCUT2D eigenvalue weighted by atomic mass is 16.6. The van der Waals surface area contributed by atoms with E-state index < -0.39 is 0 Å². The molecule has 0 heterocycles. The summed E-state index contributed by atoms with van der Waals surface area (Å²) in [5, 5.41) is 0. The van der Waals surface area contributed by atoms with Crippen LogP contribution in [0.3, 0.4) is 0 Å². The highest BCUT2D eigenvalue weighted by Crippen LogP contribution is 2.01. The topological polar surface area (TPSA) is 38.8 Å². The summed E-state index contributed by atoms with van der Waals surface area (Å²) in [5.41, 5.74) is 1.27. The molecule has 4 heteroatoms. The lowest BCUT2D eigenvalue weighted by Crippen LogP contribution is -2.24. The maximum atomic E-state index is 11.0. The van der Waals surface area contributed by atoms with Gasteiger partial charge in [-0.2, -0.15) is 0 Å². The minimum atomic E-state index is -0.303. The van der Waals surface area contributed by atoms with Gasteiger partial charge in [0.05, 0.1) is 13.2 Å². The lowest BCUT2D eigenvalue weighted by molar-refractivity contribution is -0.148. The van der Waals surface area contributed by atoms with Crippen molar-refractivity contribution >= 4 is 5.97 Å². The molecule has 0 amide bonds. The zero-order valence-electron chi connectivity index (χ0n) is 11.1. The molecule has 0 aliphatic heterocycles. The van der Waals surface area contributed by atoms with Gasteiger partial charge < -0.3 is 9.47 Å². The van der Waals surface area contributed by atoms with Crippen molar-refractivity contribution in [2.45, 2.75) is 13.5 Å². The number of nitrogens with zero attached hydrogens (tertiary/aromatic N) is 1. The van der Waals surface area contributed by atoms with E-state index in [4.69, 9.17) is 9.47 Å². The molecule has 100 valence electrons. The van der Waals surface area contributed by atoms with Crippen LogP contribution in [0.4, 0.5) is 0 Å². The van der Waals surface area contributed by atoms with Crippen molar-refractivity contribution in [2.24, 2.45) is 0 Å². The molecule has 0 saturated heterocycles. The highest BCUT2D eigenvalue weighted by molar-refractivity contribution is 5.70. The van der Waals surface area contributed by atoms with Gasteiger partial charge in [-0.3, -0.25) is 4.90 Å². The van der Waals surface area contributed by atoms with Gasteiger partial charge >= 0.3 is 5.97 Å². The molecule has 4 nitrogen and oxygen atoms in total. The van der Waals surface area contributed by atoms with Gasteiger partial charge in [0.15, 0.2) is 0 Å². The van der Waals surface area contributed by atoms with Crippen LogP contribution < -0.4 is 0 Å². The molecule has 0 aromatic heterocycles. The average molecular weight is 251 g/mol. The third-order valence-electron chi connectivity index (χ3n) is 2.44. The SMILES string of the molecule is CCOC(=O)COCCN(C)Cc1ccccc1. The van der Waals surface area contributed by atoms with Gasteiger partial charge in [-0.15, -0.1) is 0 Å². The van der Waals surface area contributed by atoms with Crippen LogP contribution >= 0.6 is 0 Å². The van der Waals surface area contributed by atoms with E-state index in [1.165, 1.54) is 5.56 Å². The first-order valence-electron chi connectivity index (χ1n) is 6.18. The molecule has 0 fully saturated rings. The number of hydrogen-bond acceptors (Lipinski definition) is 4. The zero-order valence-corrected chi connectivity index (χ0v) is 11.1. The predicted molar refractivity (Wildman–Crippen MR) is 70.2 cm³/mol. The van der Waals surface area contributed by atoms with Crippen molar-refractivity contribution in [3.63, 3.8) is 0 Å². The van der Waals surface area contributed by atoms with E-state index in [1.807, 2.05) is 25.2 Å². The van der Waals surface area contributed by atoms with Crippen LogP contribution in [0, 0.1) is 0 Å². The first kappa shape index (κ1) is 14.7. The molecule has 1 aromatic carbocycles. The van der Waals surface area contributed by atoms with Gasteiger partial charge in [0, 0.05) is 13.1 Å². The van der Waals surface area contributed by atoms with Crippen molar-refractivity contribution in [3.8, 4) is 0 Å². The van der Waals surface area contributed by atoms with Crippen LogP contribution in [0.15, 0.2) is 30.3 Å². The Bertz CT molecular complexity index is 340. The monoisotopic (exact) mass is 251 g/mol. The van der Waals surface area contributed by atoms with E-state index in [-0.39, 0.29) is 12.6 Å². The Hall–Kier alpha value is -1.39. The molecule has 0 atom stereocenters. The Morgan fingerprint density at radius 1 is 1.28 bits per heavy atom. The maximum absolute atomic E-state index is 11.0. The van der Waals surface area contributed by atoms with Crippen LogP contribution in [0.1, 0.15) is 12.5 Å². The maximum Gasteiger partial charge on any atom is 0.332 e. The van der Waals surface area contributed by atoms with E-state index in [0.717, 1.165) is 13.1 Å². The standard InChI is InChI=1S/C14H21NO3/c1-3-18-14(16)12-17-10-9-15(2)11-13-7-5-4-6-8-13/h4-8H,3,9-12H2,1-2H3. The lowest BCUT2D eigenvalue weighted by Gasteiger charge is -2.16. The smallest absolute Gasteiger partial charge is 0.332 e. The van der Waals surface area contributed by atoms with Crippen molar-refractivity contribution in [3.05, 3.63) is 35.9 Å². The quantitative estimate of drug-likeness (QED) is 0.521. The molecule has 0 spiro atoms. The summed E-state index contributed by atoms with van der Waals surface area (Å²) < 4.78 is 10.0. The molecule has 18 heavy (non-hydrogen) atoms. The fraction of sp³-hybridized carbons (Fsp3) is 0.500. The van der Waals surface area contributed by atoms with Gasteiger partial charge in [-0.25, -0.2) is 4.79 Å². The van der Waals surface area contributed by atoms with E-state index in [2.05, 4.69) is 17.0 Å². The van der Waals surface area contributed by atoms with Crippen molar-refractivity contribution in [1.82, 2.24) is 4.90 Å². The Morgan fingerprint density at radius 2 is 2.00 bits per heavy atom. The van der Waals surface area contributed by atoms with Crippen LogP contribution in [0.2, 0.25) is 0 Å². The molecule has 0 saturated carbocycles. The Labute approximate surface area is 108 Å². The van der Waals surface area contributed by atoms with Gasteiger partial charge in [-0.1, -0.05) is 30.3 Å².